The van der Waals surface area contributed by atoms with Crippen molar-refractivity contribution >= 4 is 17.6 Å². The molecule has 7 nitrogen and oxygen atoms in total. The van der Waals surface area contributed by atoms with Gasteiger partial charge in [0, 0.05) is 30.6 Å². The molecule has 1 aromatic heterocycles. The molecule has 7 heteroatoms. The molecule has 1 aliphatic rings. The summed E-state index contributed by atoms with van der Waals surface area (Å²) in [5, 5.41) is 20.4. The fourth-order valence-electron chi connectivity index (χ4n) is 2.91. The van der Waals surface area contributed by atoms with Gasteiger partial charge < -0.3 is 15.0 Å². The summed E-state index contributed by atoms with van der Waals surface area (Å²) in [6, 6.07) is 7.38. The lowest BCUT2D eigenvalue weighted by Crippen LogP contribution is -2.29. The zero-order chi connectivity index (χ0) is 18.0. The van der Waals surface area contributed by atoms with Crippen molar-refractivity contribution in [2.45, 2.75) is 46.1 Å². The van der Waals surface area contributed by atoms with Gasteiger partial charge in [-0.05, 0) is 51.0 Å². The number of aryl methyl sites for hydroxylation is 1. The van der Waals surface area contributed by atoms with Crippen LogP contribution in [-0.2, 0) is 22.6 Å². The van der Waals surface area contributed by atoms with Crippen LogP contribution in [0.25, 0.3) is 11.4 Å². The minimum Gasteiger partial charge on any atom is -0.481 e. The average Bonchev–Trinajstić information content (AvgIpc) is 2.99. The molecule has 0 bridgehead atoms. The van der Waals surface area contributed by atoms with Crippen LogP contribution in [0.4, 0.5) is 5.69 Å². The Kier molecular flexibility index (Phi) is 4.57. The summed E-state index contributed by atoms with van der Waals surface area (Å²) >= 11 is 0. The van der Waals surface area contributed by atoms with Crippen LogP contribution in [0.3, 0.4) is 0 Å². The molecule has 0 aliphatic carbocycles. The number of rotatable bonds is 5. The Balaban J connectivity index is 1.70. The highest BCUT2D eigenvalue weighted by Crippen LogP contribution is 2.25. The van der Waals surface area contributed by atoms with Crippen molar-refractivity contribution in [2.24, 2.45) is 5.41 Å². The van der Waals surface area contributed by atoms with E-state index in [9.17, 15) is 9.59 Å². The summed E-state index contributed by atoms with van der Waals surface area (Å²) < 4.78 is 2.15. The Morgan fingerprint density at radius 3 is 2.60 bits per heavy atom. The first-order valence-corrected chi connectivity index (χ1v) is 8.42. The summed E-state index contributed by atoms with van der Waals surface area (Å²) in [6.07, 6.45) is 3.16. The number of carboxylic acids is 1. The minimum atomic E-state index is -1.09. The van der Waals surface area contributed by atoms with Crippen LogP contribution in [0.15, 0.2) is 24.3 Å². The first-order chi connectivity index (χ1) is 11.9. The van der Waals surface area contributed by atoms with Gasteiger partial charge in [0.25, 0.3) is 0 Å². The quantitative estimate of drug-likeness (QED) is 0.871. The Morgan fingerprint density at radius 2 is 1.92 bits per heavy atom. The highest BCUT2D eigenvalue weighted by atomic mass is 16.4. The van der Waals surface area contributed by atoms with E-state index in [1.54, 1.807) is 12.1 Å². The van der Waals surface area contributed by atoms with Gasteiger partial charge in [0.05, 0.1) is 5.41 Å². The molecule has 0 saturated heterocycles. The van der Waals surface area contributed by atoms with Gasteiger partial charge in [-0.3, -0.25) is 9.59 Å². The molecule has 0 fully saturated rings. The largest absolute Gasteiger partial charge is 0.481 e. The van der Waals surface area contributed by atoms with Crippen molar-refractivity contribution in [3.63, 3.8) is 0 Å². The van der Waals surface area contributed by atoms with Gasteiger partial charge in [0.15, 0.2) is 5.82 Å². The maximum absolute atomic E-state index is 12.0. The van der Waals surface area contributed by atoms with Crippen molar-refractivity contribution in [2.75, 3.05) is 5.32 Å². The number of hydrogen-bond acceptors (Lipinski definition) is 4. The second kappa shape index (κ2) is 6.66. The fourth-order valence-corrected chi connectivity index (χ4v) is 2.91. The van der Waals surface area contributed by atoms with Crippen LogP contribution in [0, 0.1) is 5.41 Å². The van der Waals surface area contributed by atoms with Crippen LogP contribution in [-0.4, -0.2) is 31.7 Å². The summed E-state index contributed by atoms with van der Waals surface area (Å²) in [5.41, 5.74) is 0.489. The number of nitrogens with zero attached hydrogens (tertiary/aromatic N) is 3. The van der Waals surface area contributed by atoms with E-state index in [-0.39, 0.29) is 12.3 Å². The lowest BCUT2D eigenvalue weighted by Gasteiger charge is -2.18. The molecule has 3 rings (SSSR count). The molecular weight excluding hydrogens is 320 g/mol. The Morgan fingerprint density at radius 1 is 1.20 bits per heavy atom. The minimum absolute atomic E-state index is 0.0816. The van der Waals surface area contributed by atoms with E-state index in [1.807, 2.05) is 12.1 Å². The normalized spacial score (nSPS) is 14.0. The first kappa shape index (κ1) is 17.1. The first-order valence-electron chi connectivity index (χ1n) is 8.42. The van der Waals surface area contributed by atoms with E-state index >= 15 is 0 Å². The van der Waals surface area contributed by atoms with Crippen LogP contribution in [0.1, 0.15) is 38.9 Å². The number of amides is 1. The number of fused-ring (bicyclic) bond motifs is 1. The summed E-state index contributed by atoms with van der Waals surface area (Å²) in [6.45, 7) is 4.00. The van der Waals surface area contributed by atoms with Crippen LogP contribution >= 0.6 is 0 Å². The molecule has 2 aromatic rings. The number of benzene rings is 1. The number of carbonyl (C=O) groups excluding carboxylic acids is 1. The second-order valence-corrected chi connectivity index (χ2v) is 7.04. The van der Waals surface area contributed by atoms with Crippen LogP contribution < -0.4 is 5.32 Å². The summed E-state index contributed by atoms with van der Waals surface area (Å²) in [7, 11) is 0. The summed E-state index contributed by atoms with van der Waals surface area (Å²) in [4.78, 5) is 23.1. The topological polar surface area (TPSA) is 97.1 Å². The van der Waals surface area contributed by atoms with Crippen molar-refractivity contribution in [1.29, 1.82) is 0 Å². The predicted molar refractivity (Wildman–Crippen MR) is 93.1 cm³/mol. The lowest BCUT2D eigenvalue weighted by molar-refractivity contribution is -0.148. The number of aromatic nitrogens is 3. The zero-order valence-electron chi connectivity index (χ0n) is 14.5. The number of anilines is 1. The molecule has 0 unspecified atom stereocenters. The summed E-state index contributed by atoms with van der Waals surface area (Å²) in [5.74, 6) is 0.559. The number of nitrogens with one attached hydrogen (secondary N) is 1. The van der Waals surface area contributed by atoms with Crippen LogP contribution in [0.2, 0.25) is 0 Å². The van der Waals surface area contributed by atoms with E-state index in [4.69, 9.17) is 5.11 Å². The molecule has 0 saturated carbocycles. The smallest absolute Gasteiger partial charge is 0.309 e. The van der Waals surface area contributed by atoms with E-state index in [0.717, 1.165) is 43.0 Å². The van der Waals surface area contributed by atoms with E-state index < -0.39 is 11.4 Å². The second-order valence-electron chi connectivity index (χ2n) is 7.04. The van der Waals surface area contributed by atoms with Crippen LogP contribution in [0.5, 0.6) is 0 Å². The zero-order valence-corrected chi connectivity index (χ0v) is 14.5. The van der Waals surface area contributed by atoms with Gasteiger partial charge >= 0.3 is 5.97 Å². The van der Waals surface area contributed by atoms with Gasteiger partial charge in [-0.2, -0.15) is 0 Å². The molecule has 1 aromatic carbocycles. The highest BCUT2D eigenvalue weighted by Gasteiger charge is 2.30. The van der Waals surface area contributed by atoms with E-state index in [0.29, 0.717) is 5.69 Å². The van der Waals surface area contributed by atoms with Crippen molar-refractivity contribution in [1.82, 2.24) is 14.8 Å². The molecule has 0 spiro atoms. The molecule has 2 heterocycles. The third-order valence-electron chi connectivity index (χ3n) is 4.47. The highest BCUT2D eigenvalue weighted by molar-refractivity contribution is 5.94. The predicted octanol–water partition coefficient (Wildman–Crippen LogP) is 2.72. The molecule has 0 atom stereocenters. The third-order valence-corrected chi connectivity index (χ3v) is 4.47. The van der Waals surface area contributed by atoms with Crippen molar-refractivity contribution < 1.29 is 14.7 Å². The Labute approximate surface area is 146 Å². The van der Waals surface area contributed by atoms with Crippen molar-refractivity contribution in [3.05, 3.63) is 30.1 Å². The van der Waals surface area contributed by atoms with Gasteiger partial charge in [0.1, 0.15) is 5.82 Å². The number of carbonyl (C=O) groups is 2. The molecular formula is C18H22N4O3. The SMILES string of the molecule is CC(C)(CC(=O)Nc1ccc(-c2nnc3n2CCCC3)cc1)C(=O)O. The van der Waals surface area contributed by atoms with Gasteiger partial charge in [-0.25, -0.2) is 0 Å². The molecule has 25 heavy (non-hydrogen) atoms. The molecule has 2 N–H and O–H groups in total. The molecule has 1 aliphatic heterocycles. The number of aliphatic carboxylic acids is 1. The molecule has 0 radical (unpaired) electrons. The monoisotopic (exact) mass is 342 g/mol. The standard InChI is InChI=1S/C18H22N4O3/c1-18(2,17(24)25)11-15(23)19-13-8-6-12(7-9-13)16-21-20-14-5-3-4-10-22(14)16/h6-9H,3-5,10-11H2,1-2H3,(H,19,23)(H,24,25). The Hall–Kier alpha value is -2.70. The molecule has 132 valence electrons. The van der Waals surface area contributed by atoms with E-state index in [1.165, 1.54) is 13.8 Å². The average molecular weight is 342 g/mol. The van der Waals surface area contributed by atoms with Gasteiger partial charge in [-0.1, -0.05) is 0 Å². The lowest BCUT2D eigenvalue weighted by atomic mass is 9.89. The third kappa shape index (κ3) is 3.70. The maximum atomic E-state index is 12.0. The number of carboxylic acid groups (broad SMARTS) is 1. The van der Waals surface area contributed by atoms with Gasteiger partial charge in [0.2, 0.25) is 5.91 Å². The number of hydrogen-bond donors (Lipinski definition) is 2. The maximum Gasteiger partial charge on any atom is 0.309 e. The van der Waals surface area contributed by atoms with E-state index in [2.05, 4.69) is 20.1 Å². The van der Waals surface area contributed by atoms with Crippen molar-refractivity contribution in [3.8, 4) is 11.4 Å². The van der Waals surface area contributed by atoms with Gasteiger partial charge in [-0.15, -0.1) is 10.2 Å². The fraction of sp³-hybridized carbons (Fsp3) is 0.444. The Bertz CT molecular complexity index is 793. The molecule has 1 amide bonds.